The molecule has 1 amide bonds. The molecule has 29 heavy (non-hydrogen) atoms. The summed E-state index contributed by atoms with van der Waals surface area (Å²) in [6, 6.07) is 11.8. The Morgan fingerprint density at radius 3 is 2.34 bits per heavy atom. The molecule has 0 aliphatic heterocycles. The van der Waals surface area contributed by atoms with E-state index in [0.717, 1.165) is 24.3 Å². The molecule has 0 saturated heterocycles. The van der Waals surface area contributed by atoms with Gasteiger partial charge >= 0.3 is 0 Å². The lowest BCUT2D eigenvalue weighted by Crippen LogP contribution is -2.21. The fraction of sp³-hybridized carbons (Fsp3) is 0.227. The van der Waals surface area contributed by atoms with Crippen LogP contribution in [-0.2, 0) is 0 Å². The molecule has 0 saturated carbocycles. The average Bonchev–Trinajstić information content (AvgIpc) is 2.73. The summed E-state index contributed by atoms with van der Waals surface area (Å²) in [6.07, 6.45) is 2.91. The van der Waals surface area contributed by atoms with E-state index in [1.165, 1.54) is 42.3 Å². The maximum absolute atomic E-state index is 13.0. The van der Waals surface area contributed by atoms with Gasteiger partial charge in [-0.15, -0.1) is 0 Å². The first-order valence-corrected chi connectivity index (χ1v) is 9.51. The number of hydrogen-bond donors (Lipinski definition) is 2. The second kappa shape index (κ2) is 9.14. The van der Waals surface area contributed by atoms with Crippen LogP contribution in [0.5, 0.6) is 0 Å². The quantitative estimate of drug-likeness (QED) is 0.605. The number of benzene rings is 2. The van der Waals surface area contributed by atoms with E-state index >= 15 is 0 Å². The first-order chi connectivity index (χ1) is 14.0. The highest BCUT2D eigenvalue weighted by Crippen LogP contribution is 2.24. The predicted molar refractivity (Wildman–Crippen MR) is 114 cm³/mol. The van der Waals surface area contributed by atoms with E-state index in [4.69, 9.17) is 0 Å². The third-order valence-corrected chi connectivity index (χ3v) is 4.59. The summed E-state index contributed by atoms with van der Waals surface area (Å²) in [5.74, 6) is -0.226. The molecule has 7 heteroatoms. The first kappa shape index (κ1) is 20.3. The number of nitrogens with one attached hydrogen (secondary N) is 2. The summed E-state index contributed by atoms with van der Waals surface area (Å²) in [7, 11) is 0. The number of carbonyl (C=O) groups excluding carboxylic acids is 1. The molecular formula is C22H24FN5O. The highest BCUT2D eigenvalue weighted by molar-refractivity contribution is 6.02. The molecule has 150 valence electrons. The van der Waals surface area contributed by atoms with Gasteiger partial charge in [-0.3, -0.25) is 4.79 Å². The van der Waals surface area contributed by atoms with Gasteiger partial charge < -0.3 is 15.5 Å². The Hall–Kier alpha value is -3.48. The van der Waals surface area contributed by atoms with Gasteiger partial charge in [0.15, 0.2) is 0 Å². The van der Waals surface area contributed by atoms with E-state index in [0.29, 0.717) is 11.5 Å². The Morgan fingerprint density at radius 1 is 1.03 bits per heavy atom. The molecule has 3 rings (SSSR count). The van der Waals surface area contributed by atoms with Gasteiger partial charge in [0.25, 0.3) is 5.91 Å². The molecule has 2 N–H and O–H groups in total. The highest BCUT2D eigenvalue weighted by Gasteiger charge is 2.10. The summed E-state index contributed by atoms with van der Waals surface area (Å²) in [5, 5.41) is 5.89. The minimum atomic E-state index is -0.407. The minimum absolute atomic E-state index is 0.175. The number of carbonyl (C=O) groups is 1. The van der Waals surface area contributed by atoms with Crippen LogP contribution in [0, 0.1) is 12.7 Å². The van der Waals surface area contributed by atoms with Crippen molar-refractivity contribution in [1.29, 1.82) is 0 Å². The van der Waals surface area contributed by atoms with Crippen LogP contribution in [0.4, 0.5) is 27.3 Å². The topological polar surface area (TPSA) is 70.2 Å². The number of amides is 1. The number of halogens is 1. The van der Waals surface area contributed by atoms with Gasteiger partial charge in [0, 0.05) is 30.2 Å². The Kier molecular flexibility index (Phi) is 6.39. The van der Waals surface area contributed by atoms with Gasteiger partial charge in [-0.05, 0) is 68.8 Å². The van der Waals surface area contributed by atoms with Crippen LogP contribution in [0.25, 0.3) is 0 Å². The summed E-state index contributed by atoms with van der Waals surface area (Å²) >= 11 is 0. The van der Waals surface area contributed by atoms with Crippen LogP contribution in [0.2, 0.25) is 0 Å². The molecule has 0 unspecified atom stereocenters. The van der Waals surface area contributed by atoms with Crippen molar-refractivity contribution in [2.75, 3.05) is 28.6 Å². The van der Waals surface area contributed by atoms with Gasteiger partial charge in [0.1, 0.15) is 17.3 Å². The Labute approximate surface area is 169 Å². The molecule has 1 aromatic heterocycles. The predicted octanol–water partition coefficient (Wildman–Crippen LogP) is 4.77. The Bertz CT molecular complexity index is 969. The minimum Gasteiger partial charge on any atom is -0.372 e. The van der Waals surface area contributed by atoms with Crippen molar-refractivity contribution in [2.45, 2.75) is 20.8 Å². The normalized spacial score (nSPS) is 10.5. The van der Waals surface area contributed by atoms with E-state index in [-0.39, 0.29) is 11.5 Å². The lowest BCUT2D eigenvalue weighted by atomic mass is 10.1. The zero-order valence-electron chi connectivity index (χ0n) is 16.7. The molecule has 0 radical (unpaired) electrons. The largest absolute Gasteiger partial charge is 0.372 e. The van der Waals surface area contributed by atoms with E-state index in [1.54, 1.807) is 0 Å². The molecule has 0 aliphatic rings. The molecule has 0 fully saturated rings. The molecular weight excluding hydrogens is 369 g/mol. The maximum Gasteiger partial charge on any atom is 0.275 e. The second-order valence-corrected chi connectivity index (χ2v) is 6.54. The molecule has 0 atom stereocenters. The van der Waals surface area contributed by atoms with Crippen molar-refractivity contribution in [2.24, 2.45) is 0 Å². The number of aromatic nitrogens is 2. The van der Waals surface area contributed by atoms with Crippen molar-refractivity contribution < 1.29 is 9.18 Å². The molecule has 0 aliphatic carbocycles. The summed E-state index contributed by atoms with van der Waals surface area (Å²) in [4.78, 5) is 23.0. The molecule has 0 spiro atoms. The summed E-state index contributed by atoms with van der Waals surface area (Å²) in [5.41, 5.74) is 3.86. The standard InChI is InChI=1S/C22H24FN5O/c1-4-28(5-2)18-10-11-19(15(3)12-18)27-21-14-24-20(13-25-21)22(29)26-17-8-6-16(23)7-9-17/h6-14H,4-5H2,1-3H3,(H,25,27)(H,26,29). The lowest BCUT2D eigenvalue weighted by molar-refractivity contribution is 0.102. The number of anilines is 4. The van der Waals surface area contributed by atoms with E-state index in [2.05, 4.69) is 51.5 Å². The van der Waals surface area contributed by atoms with Crippen molar-refractivity contribution in [1.82, 2.24) is 9.97 Å². The summed E-state index contributed by atoms with van der Waals surface area (Å²) < 4.78 is 13.0. The smallest absolute Gasteiger partial charge is 0.275 e. The van der Waals surface area contributed by atoms with Crippen molar-refractivity contribution >= 4 is 28.8 Å². The molecule has 6 nitrogen and oxygen atoms in total. The van der Waals surface area contributed by atoms with Crippen LogP contribution in [-0.4, -0.2) is 29.0 Å². The van der Waals surface area contributed by atoms with Gasteiger partial charge in [-0.1, -0.05) is 0 Å². The molecule has 1 heterocycles. The number of aryl methyl sites for hydroxylation is 1. The van der Waals surface area contributed by atoms with Crippen LogP contribution < -0.4 is 15.5 Å². The van der Waals surface area contributed by atoms with Crippen molar-refractivity contribution in [3.05, 3.63) is 71.9 Å². The van der Waals surface area contributed by atoms with Crippen LogP contribution in [0.15, 0.2) is 54.9 Å². The van der Waals surface area contributed by atoms with Crippen molar-refractivity contribution in [3.8, 4) is 0 Å². The van der Waals surface area contributed by atoms with Gasteiger partial charge in [0.05, 0.1) is 12.4 Å². The average molecular weight is 393 g/mol. The van der Waals surface area contributed by atoms with E-state index in [1.807, 2.05) is 13.0 Å². The van der Waals surface area contributed by atoms with E-state index < -0.39 is 5.91 Å². The monoisotopic (exact) mass is 393 g/mol. The van der Waals surface area contributed by atoms with Gasteiger partial charge in [0.2, 0.25) is 0 Å². The van der Waals surface area contributed by atoms with Crippen LogP contribution in [0.3, 0.4) is 0 Å². The Balaban J connectivity index is 1.67. The highest BCUT2D eigenvalue weighted by atomic mass is 19.1. The van der Waals surface area contributed by atoms with Crippen molar-refractivity contribution in [3.63, 3.8) is 0 Å². The third-order valence-electron chi connectivity index (χ3n) is 4.59. The van der Waals surface area contributed by atoms with Gasteiger partial charge in [-0.2, -0.15) is 0 Å². The Morgan fingerprint density at radius 2 is 1.76 bits per heavy atom. The molecule has 2 aromatic carbocycles. The fourth-order valence-electron chi connectivity index (χ4n) is 2.95. The first-order valence-electron chi connectivity index (χ1n) is 9.51. The third kappa shape index (κ3) is 5.07. The maximum atomic E-state index is 13.0. The van der Waals surface area contributed by atoms with Gasteiger partial charge in [-0.25, -0.2) is 14.4 Å². The van der Waals surface area contributed by atoms with E-state index in [9.17, 15) is 9.18 Å². The van der Waals surface area contributed by atoms with Crippen LogP contribution >= 0.6 is 0 Å². The summed E-state index contributed by atoms with van der Waals surface area (Å²) in [6.45, 7) is 8.21. The number of rotatable bonds is 7. The fourth-order valence-corrected chi connectivity index (χ4v) is 2.95. The van der Waals surface area contributed by atoms with Crippen LogP contribution in [0.1, 0.15) is 29.9 Å². The lowest BCUT2D eigenvalue weighted by Gasteiger charge is -2.22. The molecule has 0 bridgehead atoms. The zero-order valence-corrected chi connectivity index (χ0v) is 16.7. The number of nitrogens with zero attached hydrogens (tertiary/aromatic N) is 3. The zero-order chi connectivity index (χ0) is 20.8. The second-order valence-electron chi connectivity index (χ2n) is 6.54. The number of hydrogen-bond acceptors (Lipinski definition) is 5. The molecule has 3 aromatic rings. The SMILES string of the molecule is CCN(CC)c1ccc(Nc2cnc(C(=O)Nc3ccc(F)cc3)cn2)c(C)c1.